The SMILES string of the molecule is CCOC(=O)c1c(-c2ccccc2)c2cc(-n3cccc3)ccc2n1C. The van der Waals surface area contributed by atoms with Gasteiger partial charge in [-0.25, -0.2) is 4.79 Å². The Hall–Kier alpha value is -3.27. The van der Waals surface area contributed by atoms with Gasteiger partial charge in [0.25, 0.3) is 0 Å². The number of esters is 1. The molecule has 2 heterocycles. The molecule has 0 saturated heterocycles. The summed E-state index contributed by atoms with van der Waals surface area (Å²) in [7, 11) is 1.91. The van der Waals surface area contributed by atoms with Gasteiger partial charge in [0.2, 0.25) is 0 Å². The Morgan fingerprint density at radius 2 is 1.73 bits per heavy atom. The molecule has 0 aliphatic heterocycles. The number of ether oxygens (including phenoxy) is 1. The summed E-state index contributed by atoms with van der Waals surface area (Å²) in [6.45, 7) is 2.18. The third-order valence-electron chi connectivity index (χ3n) is 4.62. The molecular weight excluding hydrogens is 324 g/mol. The second-order valence-electron chi connectivity index (χ2n) is 6.16. The molecule has 4 heteroatoms. The van der Waals surface area contributed by atoms with Gasteiger partial charge in [-0.1, -0.05) is 30.3 Å². The normalized spacial score (nSPS) is 11.0. The molecule has 4 nitrogen and oxygen atoms in total. The van der Waals surface area contributed by atoms with Gasteiger partial charge < -0.3 is 13.9 Å². The van der Waals surface area contributed by atoms with Crippen LogP contribution in [0.25, 0.3) is 27.7 Å². The standard InChI is InChI=1S/C22H20N2O2/c1-3-26-22(25)21-20(16-9-5-4-6-10-16)18-15-17(24-13-7-8-14-24)11-12-19(18)23(21)2/h4-15H,3H2,1-2H3. The third kappa shape index (κ3) is 2.60. The average Bonchev–Trinajstić information content (AvgIpc) is 3.29. The summed E-state index contributed by atoms with van der Waals surface area (Å²) in [5, 5.41) is 1.04. The number of rotatable bonds is 4. The molecule has 0 amide bonds. The molecule has 0 fully saturated rings. The molecule has 0 aliphatic carbocycles. The molecule has 130 valence electrons. The zero-order chi connectivity index (χ0) is 18.1. The van der Waals surface area contributed by atoms with Crippen LogP contribution < -0.4 is 0 Å². The predicted octanol–water partition coefficient (Wildman–Crippen LogP) is 4.81. The lowest BCUT2D eigenvalue weighted by molar-refractivity contribution is 0.0517. The van der Waals surface area contributed by atoms with Crippen LogP contribution in [0.3, 0.4) is 0 Å². The molecule has 0 N–H and O–H groups in total. The Balaban J connectivity index is 2.03. The van der Waals surface area contributed by atoms with Crippen molar-refractivity contribution in [3.05, 3.63) is 78.8 Å². The Morgan fingerprint density at radius 3 is 2.42 bits per heavy atom. The van der Waals surface area contributed by atoms with Crippen LogP contribution in [0, 0.1) is 0 Å². The minimum absolute atomic E-state index is 0.299. The number of carbonyl (C=O) groups excluding carboxylic acids is 1. The second-order valence-corrected chi connectivity index (χ2v) is 6.16. The van der Waals surface area contributed by atoms with Gasteiger partial charge in [0.05, 0.1) is 6.61 Å². The fourth-order valence-electron chi connectivity index (χ4n) is 3.44. The largest absolute Gasteiger partial charge is 0.461 e. The van der Waals surface area contributed by atoms with Crippen molar-refractivity contribution in [3.8, 4) is 16.8 Å². The first kappa shape index (κ1) is 16.2. The van der Waals surface area contributed by atoms with E-state index in [1.165, 1.54) is 0 Å². The van der Waals surface area contributed by atoms with Crippen molar-refractivity contribution in [1.82, 2.24) is 9.13 Å². The van der Waals surface area contributed by atoms with E-state index in [-0.39, 0.29) is 5.97 Å². The molecule has 0 unspecified atom stereocenters. The molecule has 2 aromatic heterocycles. The van der Waals surface area contributed by atoms with E-state index in [9.17, 15) is 4.79 Å². The predicted molar refractivity (Wildman–Crippen MR) is 104 cm³/mol. The van der Waals surface area contributed by atoms with E-state index < -0.39 is 0 Å². The van der Waals surface area contributed by atoms with Crippen LogP contribution in [0.2, 0.25) is 0 Å². The molecule has 4 aromatic rings. The number of hydrogen-bond donors (Lipinski definition) is 0. The van der Waals surface area contributed by atoms with Crippen LogP contribution in [0.15, 0.2) is 73.1 Å². The number of benzene rings is 2. The van der Waals surface area contributed by atoms with E-state index in [1.54, 1.807) is 0 Å². The van der Waals surface area contributed by atoms with Gasteiger partial charge in [0.1, 0.15) is 5.69 Å². The fourth-order valence-corrected chi connectivity index (χ4v) is 3.44. The molecule has 0 aliphatic rings. The molecule has 0 radical (unpaired) electrons. The van der Waals surface area contributed by atoms with Gasteiger partial charge >= 0.3 is 5.97 Å². The minimum atomic E-state index is -0.299. The summed E-state index contributed by atoms with van der Waals surface area (Å²) in [5.74, 6) is -0.299. The number of carbonyl (C=O) groups is 1. The van der Waals surface area contributed by atoms with Crippen molar-refractivity contribution >= 4 is 16.9 Å². The van der Waals surface area contributed by atoms with Gasteiger partial charge in [0, 0.05) is 41.6 Å². The summed E-state index contributed by atoms with van der Waals surface area (Å²) < 4.78 is 9.32. The Kier molecular flexibility index (Phi) is 4.09. The van der Waals surface area contributed by atoms with E-state index >= 15 is 0 Å². The molecule has 2 aromatic carbocycles. The highest BCUT2D eigenvalue weighted by Crippen LogP contribution is 2.36. The summed E-state index contributed by atoms with van der Waals surface area (Å²) in [4.78, 5) is 12.7. The highest BCUT2D eigenvalue weighted by Gasteiger charge is 2.23. The summed E-state index contributed by atoms with van der Waals surface area (Å²) in [5.41, 5.74) is 4.56. The van der Waals surface area contributed by atoms with Crippen molar-refractivity contribution in [2.75, 3.05) is 6.61 Å². The van der Waals surface area contributed by atoms with Gasteiger partial charge in [-0.3, -0.25) is 0 Å². The van der Waals surface area contributed by atoms with Crippen molar-refractivity contribution in [2.24, 2.45) is 7.05 Å². The van der Waals surface area contributed by atoms with Gasteiger partial charge in [0.15, 0.2) is 0 Å². The zero-order valence-electron chi connectivity index (χ0n) is 14.8. The van der Waals surface area contributed by atoms with Gasteiger partial charge in [-0.2, -0.15) is 0 Å². The lowest BCUT2D eigenvalue weighted by atomic mass is 10.0. The van der Waals surface area contributed by atoms with Crippen LogP contribution in [0.4, 0.5) is 0 Å². The van der Waals surface area contributed by atoms with E-state index in [2.05, 4.69) is 22.8 Å². The van der Waals surface area contributed by atoms with Gasteiger partial charge in [-0.15, -0.1) is 0 Å². The summed E-state index contributed by atoms with van der Waals surface area (Å²) in [6, 6.07) is 20.2. The number of aromatic nitrogens is 2. The molecule has 26 heavy (non-hydrogen) atoms. The topological polar surface area (TPSA) is 36.2 Å². The molecule has 4 rings (SSSR count). The third-order valence-corrected chi connectivity index (χ3v) is 4.62. The van der Waals surface area contributed by atoms with Crippen molar-refractivity contribution in [1.29, 1.82) is 0 Å². The van der Waals surface area contributed by atoms with Crippen molar-refractivity contribution < 1.29 is 9.53 Å². The molecule has 0 bridgehead atoms. The monoisotopic (exact) mass is 344 g/mol. The number of hydrogen-bond acceptors (Lipinski definition) is 2. The quantitative estimate of drug-likeness (QED) is 0.498. The second kappa shape index (κ2) is 6.56. The number of nitrogens with zero attached hydrogens (tertiary/aromatic N) is 2. The van der Waals surface area contributed by atoms with Gasteiger partial charge in [-0.05, 0) is 42.8 Å². The first-order valence-corrected chi connectivity index (χ1v) is 8.69. The Morgan fingerprint density at radius 1 is 1.00 bits per heavy atom. The smallest absolute Gasteiger partial charge is 0.355 e. The molecule has 0 spiro atoms. The lowest BCUT2D eigenvalue weighted by Gasteiger charge is -2.07. The molecular formula is C22H20N2O2. The average molecular weight is 344 g/mol. The summed E-state index contributed by atoms with van der Waals surface area (Å²) >= 11 is 0. The van der Waals surface area contributed by atoms with E-state index in [1.807, 2.05) is 73.4 Å². The lowest BCUT2D eigenvalue weighted by Crippen LogP contribution is -2.11. The maximum atomic E-state index is 12.7. The maximum absolute atomic E-state index is 12.7. The van der Waals surface area contributed by atoms with Crippen LogP contribution >= 0.6 is 0 Å². The van der Waals surface area contributed by atoms with Crippen molar-refractivity contribution in [3.63, 3.8) is 0 Å². The van der Waals surface area contributed by atoms with E-state index in [0.29, 0.717) is 12.3 Å². The first-order chi connectivity index (χ1) is 12.7. The van der Waals surface area contributed by atoms with E-state index in [4.69, 9.17) is 4.74 Å². The van der Waals surface area contributed by atoms with Crippen molar-refractivity contribution in [2.45, 2.75) is 6.92 Å². The Labute approximate surface area is 152 Å². The number of aryl methyl sites for hydroxylation is 1. The van der Waals surface area contributed by atoms with Crippen LogP contribution in [0.1, 0.15) is 17.4 Å². The zero-order valence-corrected chi connectivity index (χ0v) is 14.8. The minimum Gasteiger partial charge on any atom is -0.461 e. The molecule has 0 saturated carbocycles. The maximum Gasteiger partial charge on any atom is 0.355 e. The number of fused-ring (bicyclic) bond motifs is 1. The molecule has 0 atom stereocenters. The van der Waals surface area contributed by atoms with Crippen LogP contribution in [-0.4, -0.2) is 21.7 Å². The fraction of sp³-hybridized carbons (Fsp3) is 0.136. The summed E-state index contributed by atoms with van der Waals surface area (Å²) in [6.07, 6.45) is 4.02. The Bertz CT molecular complexity index is 1060. The van der Waals surface area contributed by atoms with Crippen LogP contribution in [-0.2, 0) is 11.8 Å². The van der Waals surface area contributed by atoms with E-state index in [0.717, 1.165) is 27.7 Å². The highest BCUT2D eigenvalue weighted by molar-refractivity contribution is 6.09. The first-order valence-electron chi connectivity index (χ1n) is 8.69. The van der Waals surface area contributed by atoms with Crippen LogP contribution in [0.5, 0.6) is 0 Å². The highest BCUT2D eigenvalue weighted by atomic mass is 16.5.